The fourth-order valence-corrected chi connectivity index (χ4v) is 2.27. The topological polar surface area (TPSA) is 50.9 Å². The average Bonchev–Trinajstić information content (AvgIpc) is 2.30. The predicted octanol–water partition coefficient (Wildman–Crippen LogP) is 1.75. The van der Waals surface area contributed by atoms with E-state index in [0.717, 1.165) is 25.1 Å². The van der Waals surface area contributed by atoms with Crippen LogP contribution in [0.15, 0.2) is 18.3 Å². The van der Waals surface area contributed by atoms with E-state index in [1.165, 1.54) is 18.4 Å². The summed E-state index contributed by atoms with van der Waals surface area (Å²) >= 11 is 0. The van der Waals surface area contributed by atoms with Gasteiger partial charge in [0.25, 0.3) is 0 Å². The molecule has 3 nitrogen and oxygen atoms in total. The summed E-state index contributed by atoms with van der Waals surface area (Å²) in [7, 11) is 0. The minimum absolute atomic E-state index is 0.426. The maximum atomic E-state index is 5.89. The van der Waals surface area contributed by atoms with Crippen LogP contribution in [0.1, 0.15) is 36.9 Å². The summed E-state index contributed by atoms with van der Waals surface area (Å²) in [6.07, 6.45) is 6.57. The molecule has 1 aromatic rings. The smallest absolute Gasteiger partial charge is 0.0570 e. The van der Waals surface area contributed by atoms with Crippen LogP contribution in [-0.4, -0.2) is 17.1 Å². The first kappa shape index (κ1) is 11.6. The highest BCUT2D eigenvalue weighted by Gasteiger charge is 2.17. The van der Waals surface area contributed by atoms with Gasteiger partial charge in [-0.25, -0.2) is 0 Å². The van der Waals surface area contributed by atoms with Gasteiger partial charge in [0, 0.05) is 24.8 Å². The highest BCUT2D eigenvalue weighted by atomic mass is 14.9. The summed E-state index contributed by atoms with van der Waals surface area (Å²) in [4.78, 5) is 4.39. The Morgan fingerprint density at radius 2 is 2.12 bits per heavy atom. The Bertz CT molecular complexity index is 330. The fourth-order valence-electron chi connectivity index (χ4n) is 2.27. The molecule has 1 aliphatic carbocycles. The zero-order valence-corrected chi connectivity index (χ0v) is 9.95. The minimum atomic E-state index is 0.426. The lowest BCUT2D eigenvalue weighted by Crippen LogP contribution is -2.37. The van der Waals surface area contributed by atoms with Gasteiger partial charge in [0.2, 0.25) is 0 Å². The van der Waals surface area contributed by atoms with Gasteiger partial charge in [0.05, 0.1) is 5.69 Å². The molecule has 0 unspecified atom stereocenters. The summed E-state index contributed by atoms with van der Waals surface area (Å²) in [5, 5.41) is 3.58. The average molecular weight is 219 g/mol. The molecule has 1 aliphatic rings. The van der Waals surface area contributed by atoms with Crippen molar-refractivity contribution in [3.05, 3.63) is 29.6 Å². The number of hydrogen-bond acceptors (Lipinski definition) is 3. The number of hydrogen-bond donors (Lipinski definition) is 2. The highest BCUT2D eigenvalue weighted by Crippen LogP contribution is 2.17. The first-order valence-electron chi connectivity index (χ1n) is 6.15. The van der Waals surface area contributed by atoms with Gasteiger partial charge in [-0.1, -0.05) is 6.07 Å². The van der Waals surface area contributed by atoms with Gasteiger partial charge in [-0.3, -0.25) is 4.98 Å². The number of aromatic nitrogens is 1. The van der Waals surface area contributed by atoms with Crippen LogP contribution < -0.4 is 11.1 Å². The Morgan fingerprint density at radius 1 is 1.38 bits per heavy atom. The second-order valence-corrected chi connectivity index (χ2v) is 4.76. The second-order valence-electron chi connectivity index (χ2n) is 4.76. The van der Waals surface area contributed by atoms with Crippen LogP contribution >= 0.6 is 0 Å². The van der Waals surface area contributed by atoms with Crippen molar-refractivity contribution in [1.29, 1.82) is 0 Å². The third-order valence-corrected chi connectivity index (χ3v) is 3.45. The zero-order valence-electron chi connectivity index (χ0n) is 9.95. The van der Waals surface area contributed by atoms with Gasteiger partial charge in [0.15, 0.2) is 0 Å². The van der Waals surface area contributed by atoms with Crippen molar-refractivity contribution in [2.24, 2.45) is 5.73 Å². The van der Waals surface area contributed by atoms with E-state index in [0.29, 0.717) is 12.1 Å². The van der Waals surface area contributed by atoms with E-state index in [1.807, 2.05) is 12.3 Å². The van der Waals surface area contributed by atoms with Crippen molar-refractivity contribution in [2.75, 3.05) is 0 Å². The Balaban J connectivity index is 1.81. The quantitative estimate of drug-likeness (QED) is 0.814. The molecule has 0 atom stereocenters. The lowest BCUT2D eigenvalue weighted by Gasteiger charge is -2.27. The molecule has 0 saturated heterocycles. The standard InChI is InChI=1S/C13H21N3/c1-10-3-2-8-15-13(10)9-16-12-6-4-11(14)5-7-12/h2-3,8,11-12,16H,4-7,9,14H2,1H3. The van der Waals surface area contributed by atoms with E-state index >= 15 is 0 Å². The monoisotopic (exact) mass is 219 g/mol. The molecule has 1 saturated carbocycles. The van der Waals surface area contributed by atoms with Crippen LogP contribution in [0.3, 0.4) is 0 Å². The second kappa shape index (κ2) is 5.41. The first-order valence-corrected chi connectivity index (χ1v) is 6.15. The molecule has 0 radical (unpaired) electrons. The molecule has 0 aromatic carbocycles. The van der Waals surface area contributed by atoms with Gasteiger partial charge >= 0.3 is 0 Å². The highest BCUT2D eigenvalue weighted by molar-refractivity contribution is 5.17. The molecule has 1 heterocycles. The molecular formula is C13H21N3. The number of rotatable bonds is 3. The van der Waals surface area contributed by atoms with Crippen molar-refractivity contribution in [1.82, 2.24) is 10.3 Å². The lowest BCUT2D eigenvalue weighted by molar-refractivity contribution is 0.340. The number of aryl methyl sites for hydroxylation is 1. The van der Waals surface area contributed by atoms with Crippen LogP contribution in [0, 0.1) is 6.92 Å². The third kappa shape index (κ3) is 3.03. The molecule has 0 bridgehead atoms. The third-order valence-electron chi connectivity index (χ3n) is 3.45. The van der Waals surface area contributed by atoms with Crippen LogP contribution in [0.25, 0.3) is 0 Å². The van der Waals surface area contributed by atoms with Crippen molar-refractivity contribution in [2.45, 2.75) is 51.2 Å². The largest absolute Gasteiger partial charge is 0.328 e. The Kier molecular flexibility index (Phi) is 3.91. The molecule has 2 rings (SSSR count). The Morgan fingerprint density at radius 3 is 2.81 bits per heavy atom. The van der Waals surface area contributed by atoms with E-state index in [2.05, 4.69) is 23.3 Å². The van der Waals surface area contributed by atoms with Crippen molar-refractivity contribution < 1.29 is 0 Å². The summed E-state index contributed by atoms with van der Waals surface area (Å²) in [6.45, 7) is 2.99. The first-order chi connectivity index (χ1) is 7.75. The minimum Gasteiger partial charge on any atom is -0.328 e. The molecule has 1 fully saturated rings. The van der Waals surface area contributed by atoms with Crippen LogP contribution in [-0.2, 0) is 6.54 Å². The maximum absolute atomic E-state index is 5.89. The van der Waals surface area contributed by atoms with E-state index in [4.69, 9.17) is 5.73 Å². The van der Waals surface area contributed by atoms with Gasteiger partial charge in [-0.15, -0.1) is 0 Å². The summed E-state index contributed by atoms with van der Waals surface area (Å²) in [6, 6.07) is 5.15. The van der Waals surface area contributed by atoms with Crippen LogP contribution in [0.5, 0.6) is 0 Å². The summed E-state index contributed by atoms with van der Waals surface area (Å²) in [5.74, 6) is 0. The van der Waals surface area contributed by atoms with E-state index < -0.39 is 0 Å². The van der Waals surface area contributed by atoms with Crippen LogP contribution in [0.2, 0.25) is 0 Å². The molecule has 0 amide bonds. The van der Waals surface area contributed by atoms with E-state index in [1.54, 1.807) is 0 Å². The molecule has 0 spiro atoms. The van der Waals surface area contributed by atoms with Crippen molar-refractivity contribution in [3.63, 3.8) is 0 Å². The predicted molar refractivity (Wildman–Crippen MR) is 66.0 cm³/mol. The van der Waals surface area contributed by atoms with Crippen LogP contribution in [0.4, 0.5) is 0 Å². The molecule has 16 heavy (non-hydrogen) atoms. The molecule has 1 aromatic heterocycles. The normalized spacial score (nSPS) is 25.6. The zero-order chi connectivity index (χ0) is 11.4. The maximum Gasteiger partial charge on any atom is 0.0570 e. The van der Waals surface area contributed by atoms with Gasteiger partial charge in [-0.05, 0) is 44.2 Å². The molecule has 88 valence electrons. The summed E-state index contributed by atoms with van der Waals surface area (Å²) in [5.41, 5.74) is 8.32. The Hall–Kier alpha value is -0.930. The van der Waals surface area contributed by atoms with Gasteiger partial charge in [-0.2, -0.15) is 0 Å². The van der Waals surface area contributed by atoms with Crippen molar-refractivity contribution >= 4 is 0 Å². The van der Waals surface area contributed by atoms with Crippen molar-refractivity contribution in [3.8, 4) is 0 Å². The molecule has 3 N–H and O–H groups in total. The van der Waals surface area contributed by atoms with Gasteiger partial charge in [0.1, 0.15) is 0 Å². The Labute approximate surface area is 97.5 Å². The summed E-state index contributed by atoms with van der Waals surface area (Å²) < 4.78 is 0. The molecule has 3 heteroatoms. The number of nitrogens with one attached hydrogen (secondary N) is 1. The number of nitrogens with two attached hydrogens (primary N) is 1. The van der Waals surface area contributed by atoms with E-state index in [-0.39, 0.29) is 0 Å². The molecular weight excluding hydrogens is 198 g/mol. The number of nitrogens with zero attached hydrogens (tertiary/aromatic N) is 1. The lowest BCUT2D eigenvalue weighted by atomic mass is 9.92. The SMILES string of the molecule is Cc1cccnc1CNC1CCC(N)CC1. The molecule has 0 aliphatic heterocycles. The van der Waals surface area contributed by atoms with E-state index in [9.17, 15) is 0 Å². The number of pyridine rings is 1. The van der Waals surface area contributed by atoms with Gasteiger partial charge < -0.3 is 11.1 Å². The fraction of sp³-hybridized carbons (Fsp3) is 0.615.